The predicted octanol–water partition coefficient (Wildman–Crippen LogP) is 20.5. The molecule has 2 aromatic carbocycles. The summed E-state index contributed by atoms with van der Waals surface area (Å²) in [6.45, 7) is 37.4. The van der Waals surface area contributed by atoms with Gasteiger partial charge in [-0.2, -0.15) is 0 Å². The van der Waals surface area contributed by atoms with Crippen LogP contribution in [0.2, 0.25) is 0 Å². The van der Waals surface area contributed by atoms with Gasteiger partial charge in [-0.3, -0.25) is 4.90 Å². The standard InChI is InChI=1S/C69H108N2O4.2ClH/c1-15-72-66-45-43-64(51-68(66)74-17-3)53-70-48-50-71(54-65-44-46-67(73-16-2)69(52-65)75-18-4)49-47-63(14)42-26-41-62(13)40-25-39-61(12)38-24-37-60(11)36-23-35-59(10)34-22-33-58(9)32-21-31-57(8)30-20-29-56(7)28-19-27-55(5)6;;/h27,29,31,33,35,37,39,41,43-47,51-52,70H,15-26,28,30,32,34,36,38,40,42,48-50,53-54H2,1-14H3;2*1H/b56-29+,57-31+,58-33+,59-35+,60-37+,61-39+,62-41+,63-47+;;. The Morgan fingerprint density at radius 1 is 0.390 bits per heavy atom. The summed E-state index contributed by atoms with van der Waals surface area (Å²) in [4.78, 5) is 2.51. The summed E-state index contributed by atoms with van der Waals surface area (Å²) in [5, 5.41) is 3.67. The van der Waals surface area contributed by atoms with E-state index in [2.05, 4.69) is 158 Å². The van der Waals surface area contributed by atoms with Crippen LogP contribution in [-0.4, -0.2) is 51.0 Å². The van der Waals surface area contributed by atoms with Crippen molar-refractivity contribution in [3.05, 3.63) is 152 Å². The summed E-state index contributed by atoms with van der Waals surface area (Å²) in [7, 11) is 0. The van der Waals surface area contributed by atoms with Crippen LogP contribution in [0.5, 0.6) is 23.0 Å². The quantitative estimate of drug-likeness (QED) is 0.0529. The average Bonchev–Trinajstić information content (AvgIpc) is 3.36. The summed E-state index contributed by atoms with van der Waals surface area (Å²) in [6.07, 6.45) is 40.2. The lowest BCUT2D eigenvalue weighted by atomic mass is 10.0. The highest BCUT2D eigenvalue weighted by Gasteiger charge is 2.12. The van der Waals surface area contributed by atoms with Crippen LogP contribution in [0.4, 0.5) is 0 Å². The molecule has 2 aromatic rings. The van der Waals surface area contributed by atoms with E-state index in [0.717, 1.165) is 139 Å². The topological polar surface area (TPSA) is 52.2 Å². The Kier molecular flexibility index (Phi) is 43.2. The van der Waals surface area contributed by atoms with Gasteiger partial charge in [0.1, 0.15) is 0 Å². The molecule has 0 bridgehead atoms. The third-order valence-electron chi connectivity index (χ3n) is 13.6. The largest absolute Gasteiger partial charge is 0.490 e. The highest BCUT2D eigenvalue weighted by atomic mass is 35.5. The van der Waals surface area contributed by atoms with Crippen molar-refractivity contribution in [3.63, 3.8) is 0 Å². The van der Waals surface area contributed by atoms with E-state index in [0.29, 0.717) is 26.4 Å². The first kappa shape index (κ1) is 72.8. The second kappa shape index (κ2) is 45.6. The lowest BCUT2D eigenvalue weighted by molar-refractivity contribution is 0.280. The van der Waals surface area contributed by atoms with Crippen LogP contribution < -0.4 is 24.3 Å². The maximum Gasteiger partial charge on any atom is 0.161 e. The fourth-order valence-electron chi connectivity index (χ4n) is 8.88. The van der Waals surface area contributed by atoms with E-state index in [1.807, 2.05) is 39.8 Å². The maximum absolute atomic E-state index is 5.98. The molecule has 1 N–H and O–H groups in total. The van der Waals surface area contributed by atoms with Crippen LogP contribution in [0.1, 0.15) is 211 Å². The Hall–Kier alpha value is -4.20. The predicted molar refractivity (Wildman–Crippen MR) is 342 cm³/mol. The number of benzene rings is 2. The second-order valence-corrected chi connectivity index (χ2v) is 21.2. The molecule has 0 spiro atoms. The highest BCUT2D eigenvalue weighted by Crippen LogP contribution is 2.30. The number of hydrogen-bond acceptors (Lipinski definition) is 6. The van der Waals surface area contributed by atoms with Gasteiger partial charge in [0.2, 0.25) is 0 Å². The molecule has 8 heteroatoms. The smallest absolute Gasteiger partial charge is 0.161 e. The van der Waals surface area contributed by atoms with E-state index in [1.165, 1.54) is 80.5 Å². The van der Waals surface area contributed by atoms with Crippen LogP contribution >= 0.6 is 24.8 Å². The van der Waals surface area contributed by atoms with Crippen molar-refractivity contribution in [2.45, 2.75) is 213 Å². The van der Waals surface area contributed by atoms with Gasteiger partial charge in [0.15, 0.2) is 23.0 Å². The van der Waals surface area contributed by atoms with E-state index < -0.39 is 0 Å². The first-order valence-corrected chi connectivity index (χ1v) is 29.2. The molecular formula is C69H110Cl2N2O4. The first-order valence-electron chi connectivity index (χ1n) is 29.2. The third-order valence-corrected chi connectivity index (χ3v) is 13.6. The number of halogens is 2. The number of allylic oxidation sites excluding steroid dienone is 17. The van der Waals surface area contributed by atoms with Gasteiger partial charge in [0, 0.05) is 32.7 Å². The average molecular weight is 1100 g/mol. The van der Waals surface area contributed by atoms with E-state index in [9.17, 15) is 0 Å². The Bertz CT molecular complexity index is 2200. The number of nitrogens with zero attached hydrogens (tertiary/aromatic N) is 1. The number of nitrogens with one attached hydrogen (secondary N) is 1. The molecule has 434 valence electrons. The monoisotopic (exact) mass is 1100 g/mol. The van der Waals surface area contributed by atoms with Crippen LogP contribution in [0.25, 0.3) is 0 Å². The number of hydrogen-bond donors (Lipinski definition) is 1. The van der Waals surface area contributed by atoms with Gasteiger partial charge in [0.25, 0.3) is 0 Å². The van der Waals surface area contributed by atoms with Crippen molar-refractivity contribution in [3.8, 4) is 23.0 Å². The molecule has 0 heterocycles. The van der Waals surface area contributed by atoms with Gasteiger partial charge < -0.3 is 24.3 Å². The molecule has 0 saturated heterocycles. The summed E-state index contributed by atoms with van der Waals surface area (Å²) in [6, 6.07) is 12.6. The van der Waals surface area contributed by atoms with Gasteiger partial charge in [0.05, 0.1) is 26.4 Å². The molecule has 0 amide bonds. The van der Waals surface area contributed by atoms with E-state index >= 15 is 0 Å². The Labute approximate surface area is 485 Å². The molecular weight excluding hydrogens is 992 g/mol. The van der Waals surface area contributed by atoms with Gasteiger partial charge in [-0.25, -0.2) is 0 Å². The van der Waals surface area contributed by atoms with Crippen LogP contribution in [-0.2, 0) is 13.1 Å². The van der Waals surface area contributed by atoms with Crippen molar-refractivity contribution >= 4 is 24.8 Å². The van der Waals surface area contributed by atoms with Crippen molar-refractivity contribution in [1.82, 2.24) is 10.2 Å². The Morgan fingerprint density at radius 3 is 1.03 bits per heavy atom. The summed E-state index contributed by atoms with van der Waals surface area (Å²) >= 11 is 0. The minimum Gasteiger partial charge on any atom is -0.490 e. The molecule has 0 aliphatic heterocycles. The summed E-state index contributed by atoms with van der Waals surface area (Å²) in [5.74, 6) is 3.22. The van der Waals surface area contributed by atoms with Crippen LogP contribution in [0.15, 0.2) is 141 Å². The SMILES string of the molecule is CCOc1ccc(CNCCN(C/C=C(\C)CC/C=C(\C)CC/C=C(\C)CC/C=C(\C)CC/C=C(\C)CC/C=C(\C)CC/C=C(\C)CC/C=C(\C)CCC=C(C)C)Cc2ccc(OCC)c(OCC)c2)cc1OCC.Cl.Cl. The van der Waals surface area contributed by atoms with Crippen molar-refractivity contribution in [2.24, 2.45) is 0 Å². The Balaban J connectivity index is 0.0000289. The molecule has 6 nitrogen and oxygen atoms in total. The molecule has 0 saturated carbocycles. The molecule has 0 aromatic heterocycles. The fourth-order valence-corrected chi connectivity index (χ4v) is 8.88. The van der Waals surface area contributed by atoms with Gasteiger partial charge >= 0.3 is 0 Å². The zero-order valence-electron chi connectivity index (χ0n) is 51.2. The zero-order valence-corrected chi connectivity index (χ0v) is 52.9. The summed E-state index contributed by atoms with van der Waals surface area (Å²) in [5.41, 5.74) is 15.8. The maximum atomic E-state index is 5.98. The number of ether oxygens (including phenoxy) is 4. The summed E-state index contributed by atoms with van der Waals surface area (Å²) < 4.78 is 23.5. The first-order chi connectivity index (χ1) is 36.1. The molecule has 0 radical (unpaired) electrons. The molecule has 0 aliphatic rings. The molecule has 0 atom stereocenters. The molecule has 77 heavy (non-hydrogen) atoms. The van der Waals surface area contributed by atoms with Crippen molar-refractivity contribution in [1.29, 1.82) is 0 Å². The molecule has 0 unspecified atom stereocenters. The van der Waals surface area contributed by atoms with E-state index in [-0.39, 0.29) is 24.8 Å². The van der Waals surface area contributed by atoms with Crippen LogP contribution in [0.3, 0.4) is 0 Å². The molecule has 2 rings (SSSR count). The van der Waals surface area contributed by atoms with E-state index in [4.69, 9.17) is 18.9 Å². The van der Waals surface area contributed by atoms with Crippen LogP contribution in [0, 0.1) is 0 Å². The van der Waals surface area contributed by atoms with Crippen molar-refractivity contribution in [2.75, 3.05) is 46.1 Å². The molecule has 0 fully saturated rings. The second-order valence-electron chi connectivity index (χ2n) is 21.2. The van der Waals surface area contributed by atoms with E-state index in [1.54, 1.807) is 0 Å². The minimum absolute atomic E-state index is 0. The van der Waals surface area contributed by atoms with Crippen molar-refractivity contribution < 1.29 is 18.9 Å². The normalized spacial score (nSPS) is 13.1. The van der Waals surface area contributed by atoms with Gasteiger partial charge in [-0.05, 0) is 235 Å². The van der Waals surface area contributed by atoms with Gasteiger partial charge in [-0.15, -0.1) is 24.8 Å². The number of rotatable bonds is 41. The highest BCUT2D eigenvalue weighted by molar-refractivity contribution is 5.85. The van der Waals surface area contributed by atoms with Gasteiger partial charge in [-0.1, -0.05) is 117 Å². The third kappa shape index (κ3) is 36.6. The lowest BCUT2D eigenvalue weighted by Gasteiger charge is -2.22. The molecule has 0 aliphatic carbocycles. The minimum atomic E-state index is 0. The lowest BCUT2D eigenvalue weighted by Crippen LogP contribution is -2.32. The fraction of sp³-hybridized carbons (Fsp3) is 0.565. The Morgan fingerprint density at radius 2 is 0.688 bits per heavy atom. The zero-order chi connectivity index (χ0) is 55.1.